The van der Waals surface area contributed by atoms with E-state index in [9.17, 15) is 8.42 Å². The maximum Gasteiger partial charge on any atom is 0.243 e. The zero-order valence-corrected chi connectivity index (χ0v) is 13.9. The van der Waals surface area contributed by atoms with Gasteiger partial charge in [0.15, 0.2) is 0 Å². The molecule has 1 saturated heterocycles. The molecule has 3 atom stereocenters. The van der Waals surface area contributed by atoms with Crippen molar-refractivity contribution in [3.05, 3.63) is 29.8 Å². The molecule has 0 aromatic heterocycles. The van der Waals surface area contributed by atoms with Gasteiger partial charge >= 0.3 is 0 Å². The number of hydrogen-bond donors (Lipinski definition) is 0. The number of rotatable bonds is 4. The molecule has 5 nitrogen and oxygen atoms in total. The highest BCUT2D eigenvalue weighted by Crippen LogP contribution is 2.35. The maximum atomic E-state index is 13.0. The lowest BCUT2D eigenvalue weighted by atomic mass is 10.2. The van der Waals surface area contributed by atoms with E-state index < -0.39 is 10.0 Å². The summed E-state index contributed by atoms with van der Waals surface area (Å²) >= 11 is 0. The van der Waals surface area contributed by atoms with Crippen LogP contribution in [0, 0.1) is 6.92 Å². The van der Waals surface area contributed by atoms with Crippen LogP contribution in [0.3, 0.4) is 0 Å². The molecule has 2 fully saturated rings. The van der Waals surface area contributed by atoms with Crippen LogP contribution in [0.1, 0.15) is 25.3 Å². The highest BCUT2D eigenvalue weighted by Gasteiger charge is 2.47. The second kappa shape index (κ2) is 6.28. The van der Waals surface area contributed by atoms with Crippen LogP contribution < -0.4 is 0 Å². The molecule has 22 heavy (non-hydrogen) atoms. The van der Waals surface area contributed by atoms with Crippen molar-refractivity contribution in [1.82, 2.24) is 4.31 Å². The highest BCUT2D eigenvalue weighted by molar-refractivity contribution is 7.89. The van der Waals surface area contributed by atoms with E-state index in [4.69, 9.17) is 9.47 Å². The number of hydrogen-bond acceptors (Lipinski definition) is 4. The van der Waals surface area contributed by atoms with E-state index in [1.807, 2.05) is 26.0 Å². The average Bonchev–Trinajstić information content (AvgIpc) is 2.75. The molecule has 3 rings (SSSR count). The van der Waals surface area contributed by atoms with Gasteiger partial charge in [0.1, 0.15) is 6.10 Å². The Morgan fingerprint density at radius 2 is 2.00 bits per heavy atom. The van der Waals surface area contributed by atoms with Gasteiger partial charge in [-0.15, -0.1) is 0 Å². The minimum atomic E-state index is -3.51. The molecule has 1 saturated carbocycles. The van der Waals surface area contributed by atoms with Crippen LogP contribution in [-0.2, 0) is 19.5 Å². The fraction of sp³-hybridized carbons (Fsp3) is 0.625. The average molecular weight is 325 g/mol. The summed E-state index contributed by atoms with van der Waals surface area (Å²) in [5.74, 6) is 0. The quantitative estimate of drug-likeness (QED) is 0.849. The van der Waals surface area contributed by atoms with Crippen LogP contribution in [0.2, 0.25) is 0 Å². The van der Waals surface area contributed by atoms with Crippen LogP contribution in [0.15, 0.2) is 29.2 Å². The minimum Gasteiger partial charge on any atom is -0.374 e. The normalized spacial score (nSPS) is 29.5. The SMILES string of the molecule is CCO[C@H]1[C@H]2CC[C@H]1OCCN2S(=O)(=O)c1ccc(C)cc1. The smallest absolute Gasteiger partial charge is 0.243 e. The summed E-state index contributed by atoms with van der Waals surface area (Å²) in [6.07, 6.45) is 1.51. The van der Waals surface area contributed by atoms with E-state index in [2.05, 4.69) is 0 Å². The zero-order chi connectivity index (χ0) is 15.7. The Morgan fingerprint density at radius 3 is 2.68 bits per heavy atom. The van der Waals surface area contributed by atoms with Gasteiger partial charge in [-0.05, 0) is 38.8 Å². The molecule has 0 N–H and O–H groups in total. The molecule has 0 amide bonds. The minimum absolute atomic E-state index is 0.0168. The Hall–Kier alpha value is -0.950. The molecule has 6 heteroatoms. The number of aryl methyl sites for hydroxylation is 1. The van der Waals surface area contributed by atoms with Crippen molar-refractivity contribution in [2.75, 3.05) is 19.8 Å². The molecule has 2 aliphatic rings. The monoisotopic (exact) mass is 325 g/mol. The van der Waals surface area contributed by atoms with Crippen molar-refractivity contribution in [2.24, 2.45) is 0 Å². The van der Waals surface area contributed by atoms with Crippen molar-refractivity contribution >= 4 is 10.0 Å². The van der Waals surface area contributed by atoms with E-state index in [1.54, 1.807) is 16.4 Å². The molecular formula is C16H23NO4S. The molecular weight excluding hydrogens is 302 g/mol. The van der Waals surface area contributed by atoms with Crippen molar-refractivity contribution in [3.63, 3.8) is 0 Å². The van der Waals surface area contributed by atoms with Gasteiger partial charge in [-0.25, -0.2) is 8.42 Å². The first-order valence-corrected chi connectivity index (χ1v) is 9.29. The van der Waals surface area contributed by atoms with Crippen molar-refractivity contribution in [2.45, 2.75) is 49.8 Å². The first-order valence-electron chi connectivity index (χ1n) is 7.85. The maximum absolute atomic E-state index is 13.0. The van der Waals surface area contributed by atoms with Crippen LogP contribution in [0.25, 0.3) is 0 Å². The Balaban J connectivity index is 1.93. The topological polar surface area (TPSA) is 55.8 Å². The Kier molecular flexibility index (Phi) is 4.54. The van der Waals surface area contributed by atoms with E-state index >= 15 is 0 Å². The number of benzene rings is 1. The molecule has 1 aliphatic carbocycles. The lowest BCUT2D eigenvalue weighted by Crippen LogP contribution is -2.46. The van der Waals surface area contributed by atoms with Crippen molar-refractivity contribution in [1.29, 1.82) is 0 Å². The first-order chi connectivity index (χ1) is 10.5. The number of sulfonamides is 1. The van der Waals surface area contributed by atoms with E-state index in [-0.39, 0.29) is 18.2 Å². The fourth-order valence-corrected chi connectivity index (χ4v) is 5.06. The van der Waals surface area contributed by atoms with Gasteiger partial charge in [0, 0.05) is 13.2 Å². The Labute approximate surface area is 132 Å². The fourth-order valence-electron chi connectivity index (χ4n) is 3.41. The number of ether oxygens (including phenoxy) is 2. The Bertz CT molecular complexity index is 614. The number of nitrogens with zero attached hydrogens (tertiary/aromatic N) is 1. The largest absolute Gasteiger partial charge is 0.374 e. The highest BCUT2D eigenvalue weighted by atomic mass is 32.2. The van der Waals surface area contributed by atoms with E-state index in [0.717, 1.165) is 18.4 Å². The zero-order valence-electron chi connectivity index (χ0n) is 13.1. The van der Waals surface area contributed by atoms with Gasteiger partial charge in [-0.3, -0.25) is 0 Å². The third-order valence-electron chi connectivity index (χ3n) is 4.49. The first kappa shape index (κ1) is 15.9. The van der Waals surface area contributed by atoms with E-state index in [0.29, 0.717) is 24.7 Å². The van der Waals surface area contributed by atoms with Crippen LogP contribution in [0.5, 0.6) is 0 Å². The van der Waals surface area contributed by atoms with E-state index in [1.165, 1.54) is 0 Å². The summed E-state index contributed by atoms with van der Waals surface area (Å²) in [6, 6.07) is 6.90. The molecule has 1 aromatic rings. The summed E-state index contributed by atoms with van der Waals surface area (Å²) < 4.78 is 39.2. The predicted molar refractivity (Wildman–Crippen MR) is 83.2 cm³/mol. The Morgan fingerprint density at radius 1 is 1.27 bits per heavy atom. The van der Waals surface area contributed by atoms with Gasteiger partial charge in [-0.2, -0.15) is 4.31 Å². The van der Waals surface area contributed by atoms with Gasteiger partial charge in [0.25, 0.3) is 0 Å². The lowest BCUT2D eigenvalue weighted by molar-refractivity contribution is -0.0470. The third kappa shape index (κ3) is 2.80. The summed E-state index contributed by atoms with van der Waals surface area (Å²) in [6.45, 7) is 5.27. The van der Waals surface area contributed by atoms with Gasteiger partial charge < -0.3 is 9.47 Å². The van der Waals surface area contributed by atoms with Crippen LogP contribution >= 0.6 is 0 Å². The summed E-state index contributed by atoms with van der Waals surface area (Å²) in [7, 11) is -3.51. The third-order valence-corrected chi connectivity index (χ3v) is 6.43. The second-order valence-corrected chi connectivity index (χ2v) is 7.79. The summed E-state index contributed by atoms with van der Waals surface area (Å²) in [5.41, 5.74) is 1.05. The molecule has 1 aromatic carbocycles. The second-order valence-electron chi connectivity index (χ2n) is 5.90. The molecule has 1 heterocycles. The standard InChI is InChI=1S/C16H23NO4S/c1-3-20-16-14-8-9-15(16)21-11-10-17(14)22(18,19)13-6-4-12(2)5-7-13/h4-7,14-16H,3,8-11H2,1-2H3/t14-,15-,16+/m1/s1. The number of fused-ring (bicyclic) bond motifs is 2. The van der Waals surface area contributed by atoms with Crippen LogP contribution in [-0.4, -0.2) is 50.7 Å². The van der Waals surface area contributed by atoms with Crippen molar-refractivity contribution < 1.29 is 17.9 Å². The molecule has 0 radical (unpaired) electrons. The molecule has 122 valence electrons. The van der Waals surface area contributed by atoms with Gasteiger partial charge in [-0.1, -0.05) is 17.7 Å². The molecule has 0 unspecified atom stereocenters. The molecule has 2 bridgehead atoms. The van der Waals surface area contributed by atoms with Gasteiger partial charge in [0.05, 0.1) is 23.6 Å². The van der Waals surface area contributed by atoms with Crippen molar-refractivity contribution in [3.8, 4) is 0 Å². The van der Waals surface area contributed by atoms with Gasteiger partial charge in [0.2, 0.25) is 10.0 Å². The molecule has 0 spiro atoms. The summed E-state index contributed by atoms with van der Waals surface area (Å²) in [5, 5.41) is 0. The van der Waals surface area contributed by atoms with Crippen LogP contribution in [0.4, 0.5) is 0 Å². The molecule has 1 aliphatic heterocycles. The predicted octanol–water partition coefficient (Wildman–Crippen LogP) is 1.95. The summed E-state index contributed by atoms with van der Waals surface area (Å²) in [4.78, 5) is 0.346. The lowest BCUT2D eigenvalue weighted by Gasteiger charge is -2.30.